The summed E-state index contributed by atoms with van der Waals surface area (Å²) in [5, 5.41) is 8.09. The first-order valence-electron chi connectivity index (χ1n) is 11.8. The standard InChI is InChI=1S/C24H32N6O3S/c1-5-29(6-2)34(32,33)20-9-10-22(28-11-7-8-12-28)21(14-20)27-24(31)19-13-18-16-26-30(17(3)4)23(18)25-15-19/h9-10,13-17H,5-8,11-12H2,1-4H3,(H,27,31). The molecule has 4 rings (SSSR count). The maximum absolute atomic E-state index is 13.2. The van der Waals surface area contributed by atoms with Gasteiger partial charge in [0.25, 0.3) is 5.91 Å². The molecule has 1 saturated heterocycles. The number of anilines is 2. The Morgan fingerprint density at radius 2 is 1.82 bits per heavy atom. The maximum Gasteiger partial charge on any atom is 0.257 e. The zero-order valence-corrected chi connectivity index (χ0v) is 21.0. The number of amides is 1. The van der Waals surface area contributed by atoms with E-state index in [2.05, 4.69) is 20.3 Å². The molecular weight excluding hydrogens is 452 g/mol. The van der Waals surface area contributed by atoms with Crippen LogP contribution in [0, 0.1) is 0 Å². The number of aromatic nitrogens is 3. The van der Waals surface area contributed by atoms with Gasteiger partial charge in [-0.05, 0) is 51.0 Å². The molecule has 2 aromatic heterocycles. The van der Waals surface area contributed by atoms with Gasteiger partial charge >= 0.3 is 0 Å². The fraction of sp³-hybridized carbons (Fsp3) is 0.458. The summed E-state index contributed by atoms with van der Waals surface area (Å²) in [4.78, 5) is 20.0. The largest absolute Gasteiger partial charge is 0.370 e. The zero-order valence-electron chi connectivity index (χ0n) is 20.2. The molecule has 34 heavy (non-hydrogen) atoms. The molecule has 0 radical (unpaired) electrons. The lowest BCUT2D eigenvalue weighted by atomic mass is 10.2. The van der Waals surface area contributed by atoms with Crippen LogP contribution in [0.1, 0.15) is 56.9 Å². The van der Waals surface area contributed by atoms with E-state index in [1.54, 1.807) is 30.5 Å². The second-order valence-corrected chi connectivity index (χ2v) is 10.7. The number of hydrogen-bond acceptors (Lipinski definition) is 6. The van der Waals surface area contributed by atoms with E-state index in [0.29, 0.717) is 24.3 Å². The number of sulfonamides is 1. The van der Waals surface area contributed by atoms with Gasteiger partial charge in [0.15, 0.2) is 5.65 Å². The average Bonchev–Trinajstić information content (AvgIpc) is 3.49. The van der Waals surface area contributed by atoms with Gasteiger partial charge in [0.05, 0.1) is 28.0 Å². The van der Waals surface area contributed by atoms with Crippen LogP contribution in [-0.4, -0.2) is 59.6 Å². The summed E-state index contributed by atoms with van der Waals surface area (Å²) < 4.78 is 29.5. The normalized spacial score (nSPS) is 14.5. The minimum Gasteiger partial charge on any atom is -0.370 e. The minimum atomic E-state index is -3.66. The first-order chi connectivity index (χ1) is 16.3. The number of hydrogen-bond donors (Lipinski definition) is 1. The summed E-state index contributed by atoms with van der Waals surface area (Å²) in [6.45, 7) is 10.2. The Balaban J connectivity index is 1.70. The first kappa shape index (κ1) is 24.2. The summed E-state index contributed by atoms with van der Waals surface area (Å²) in [6.07, 6.45) is 5.36. The van der Waals surface area contributed by atoms with Crippen LogP contribution < -0.4 is 10.2 Å². The fourth-order valence-electron chi connectivity index (χ4n) is 4.36. The fourth-order valence-corrected chi connectivity index (χ4v) is 5.84. The SMILES string of the molecule is CCN(CC)S(=O)(=O)c1ccc(N2CCCC2)c(NC(=O)c2cnc3c(cnn3C(C)C)c2)c1. The molecule has 1 N–H and O–H groups in total. The third-order valence-corrected chi connectivity index (χ3v) is 8.24. The Bertz CT molecular complexity index is 1290. The Hall–Kier alpha value is -2.98. The lowest BCUT2D eigenvalue weighted by molar-refractivity contribution is 0.102. The molecule has 10 heteroatoms. The summed E-state index contributed by atoms with van der Waals surface area (Å²) in [6, 6.07) is 6.91. The number of carbonyl (C=O) groups excluding carboxylic acids is 1. The highest BCUT2D eigenvalue weighted by atomic mass is 32.2. The van der Waals surface area contributed by atoms with Crippen LogP contribution in [-0.2, 0) is 10.0 Å². The number of carbonyl (C=O) groups is 1. The van der Waals surface area contributed by atoms with Gasteiger partial charge in [0.1, 0.15) is 0 Å². The van der Waals surface area contributed by atoms with Crippen molar-refractivity contribution in [2.75, 3.05) is 36.4 Å². The molecule has 0 aliphatic carbocycles. The Labute approximate surface area is 200 Å². The highest BCUT2D eigenvalue weighted by Crippen LogP contribution is 2.33. The van der Waals surface area contributed by atoms with Crippen LogP contribution in [0.5, 0.6) is 0 Å². The van der Waals surface area contributed by atoms with Crippen LogP contribution >= 0.6 is 0 Å². The van der Waals surface area contributed by atoms with Gasteiger partial charge in [-0.3, -0.25) is 4.79 Å². The molecule has 0 unspecified atom stereocenters. The molecule has 3 aromatic rings. The van der Waals surface area contributed by atoms with Crippen LogP contribution in [0.4, 0.5) is 11.4 Å². The van der Waals surface area contributed by atoms with Crippen molar-refractivity contribution in [2.24, 2.45) is 0 Å². The molecule has 1 aliphatic heterocycles. The molecule has 1 aliphatic rings. The smallest absolute Gasteiger partial charge is 0.257 e. The Morgan fingerprint density at radius 1 is 1.12 bits per heavy atom. The van der Waals surface area contributed by atoms with Gasteiger partial charge in [0.2, 0.25) is 10.0 Å². The number of nitrogens with one attached hydrogen (secondary N) is 1. The molecule has 1 amide bonds. The van der Waals surface area contributed by atoms with E-state index in [1.165, 1.54) is 10.5 Å². The third kappa shape index (κ3) is 4.52. The highest BCUT2D eigenvalue weighted by molar-refractivity contribution is 7.89. The Kier molecular flexibility index (Phi) is 6.90. The van der Waals surface area contributed by atoms with Crippen molar-refractivity contribution in [3.05, 3.63) is 42.2 Å². The van der Waals surface area contributed by atoms with E-state index >= 15 is 0 Å². The highest BCUT2D eigenvalue weighted by Gasteiger charge is 2.25. The summed E-state index contributed by atoms with van der Waals surface area (Å²) in [5.41, 5.74) is 2.42. The molecule has 1 aromatic carbocycles. The van der Waals surface area contributed by atoms with E-state index in [1.807, 2.05) is 32.4 Å². The summed E-state index contributed by atoms with van der Waals surface area (Å²) in [5.74, 6) is -0.343. The van der Waals surface area contributed by atoms with E-state index in [0.717, 1.165) is 42.7 Å². The van der Waals surface area contributed by atoms with Crippen molar-refractivity contribution in [2.45, 2.75) is 51.5 Å². The average molecular weight is 485 g/mol. The zero-order chi connectivity index (χ0) is 24.5. The quantitative estimate of drug-likeness (QED) is 0.521. The second kappa shape index (κ2) is 9.71. The predicted octanol–water partition coefficient (Wildman–Crippen LogP) is 3.90. The van der Waals surface area contributed by atoms with Gasteiger partial charge in [-0.1, -0.05) is 13.8 Å². The van der Waals surface area contributed by atoms with Crippen LogP contribution in [0.15, 0.2) is 41.6 Å². The van der Waals surface area contributed by atoms with Gasteiger partial charge in [-0.2, -0.15) is 9.40 Å². The Morgan fingerprint density at radius 3 is 2.47 bits per heavy atom. The molecule has 3 heterocycles. The molecule has 0 spiro atoms. The van der Waals surface area contributed by atoms with Gasteiger partial charge in [-0.25, -0.2) is 18.1 Å². The number of nitrogens with zero attached hydrogens (tertiary/aromatic N) is 5. The van der Waals surface area contributed by atoms with Crippen LogP contribution in [0.2, 0.25) is 0 Å². The first-order valence-corrected chi connectivity index (χ1v) is 13.2. The number of rotatable bonds is 8. The molecule has 0 saturated carbocycles. The molecule has 1 fully saturated rings. The van der Waals surface area contributed by atoms with E-state index in [-0.39, 0.29) is 16.8 Å². The summed E-state index contributed by atoms with van der Waals surface area (Å²) in [7, 11) is -3.66. The number of benzene rings is 1. The van der Waals surface area contributed by atoms with Crippen molar-refractivity contribution in [1.82, 2.24) is 19.1 Å². The van der Waals surface area contributed by atoms with Crippen molar-refractivity contribution in [1.29, 1.82) is 0 Å². The van der Waals surface area contributed by atoms with E-state index < -0.39 is 10.0 Å². The van der Waals surface area contributed by atoms with E-state index in [9.17, 15) is 13.2 Å². The van der Waals surface area contributed by atoms with Crippen molar-refractivity contribution >= 4 is 38.3 Å². The van der Waals surface area contributed by atoms with E-state index in [4.69, 9.17) is 0 Å². The van der Waals surface area contributed by atoms with Crippen molar-refractivity contribution in [3.8, 4) is 0 Å². The van der Waals surface area contributed by atoms with Gasteiger partial charge in [0, 0.05) is 43.8 Å². The number of fused-ring (bicyclic) bond motifs is 1. The number of pyridine rings is 1. The predicted molar refractivity (Wildman–Crippen MR) is 134 cm³/mol. The van der Waals surface area contributed by atoms with Crippen molar-refractivity contribution in [3.63, 3.8) is 0 Å². The molecule has 9 nitrogen and oxygen atoms in total. The monoisotopic (exact) mass is 484 g/mol. The van der Waals surface area contributed by atoms with Crippen LogP contribution in [0.25, 0.3) is 11.0 Å². The lowest BCUT2D eigenvalue weighted by Gasteiger charge is -2.24. The van der Waals surface area contributed by atoms with Crippen LogP contribution in [0.3, 0.4) is 0 Å². The van der Waals surface area contributed by atoms with Gasteiger partial charge in [-0.15, -0.1) is 0 Å². The minimum absolute atomic E-state index is 0.156. The maximum atomic E-state index is 13.2. The van der Waals surface area contributed by atoms with Gasteiger partial charge < -0.3 is 10.2 Å². The van der Waals surface area contributed by atoms with Crippen molar-refractivity contribution < 1.29 is 13.2 Å². The topological polar surface area (TPSA) is 100 Å². The summed E-state index contributed by atoms with van der Waals surface area (Å²) >= 11 is 0. The molecular formula is C24H32N6O3S. The second-order valence-electron chi connectivity index (χ2n) is 8.74. The molecule has 0 bridgehead atoms. The lowest BCUT2D eigenvalue weighted by Crippen LogP contribution is -2.31. The molecule has 0 atom stereocenters. The third-order valence-electron chi connectivity index (χ3n) is 6.19. The molecule has 182 valence electrons.